The number of hydrogen-bond donors (Lipinski definition) is 2. The van der Waals surface area contributed by atoms with Crippen LogP contribution in [0.25, 0.3) is 0 Å². The van der Waals surface area contributed by atoms with Crippen molar-refractivity contribution in [3.8, 4) is 11.5 Å². The molecular weight excluding hydrogens is 360 g/mol. The summed E-state index contributed by atoms with van der Waals surface area (Å²) in [5.41, 5.74) is 2.05. The summed E-state index contributed by atoms with van der Waals surface area (Å²) in [4.78, 5) is 21.5. The molecule has 0 atom stereocenters. The van der Waals surface area contributed by atoms with Gasteiger partial charge in [0.15, 0.2) is 0 Å². The molecule has 0 aliphatic carbocycles. The third-order valence-corrected chi connectivity index (χ3v) is 3.18. The fourth-order valence-corrected chi connectivity index (χ4v) is 1.94. The molecule has 2 aromatic carbocycles. The Kier molecular flexibility index (Phi) is 9.03. The van der Waals surface area contributed by atoms with E-state index in [0.29, 0.717) is 24.7 Å². The Balaban J connectivity index is 0.000000280. The minimum atomic E-state index is -0.984. The molecule has 0 saturated carbocycles. The van der Waals surface area contributed by atoms with Gasteiger partial charge in [-0.25, -0.2) is 9.59 Å². The number of carboxylic acid groups (broad SMARTS) is 2. The number of aromatic carboxylic acids is 2. The first-order valence-corrected chi connectivity index (χ1v) is 8.41. The predicted molar refractivity (Wildman–Crippen MR) is 107 cm³/mol. The van der Waals surface area contributed by atoms with Gasteiger partial charge in [-0.1, -0.05) is 37.4 Å². The van der Waals surface area contributed by atoms with E-state index in [4.69, 9.17) is 19.7 Å². The van der Waals surface area contributed by atoms with E-state index in [-0.39, 0.29) is 11.1 Å². The molecule has 6 nitrogen and oxygen atoms in total. The van der Waals surface area contributed by atoms with Gasteiger partial charge in [0.25, 0.3) is 0 Å². The first kappa shape index (κ1) is 22.5. The Morgan fingerprint density at radius 3 is 1.36 bits per heavy atom. The summed E-state index contributed by atoms with van der Waals surface area (Å²) in [6.45, 7) is 11.7. The number of ether oxygens (including phenoxy) is 2. The van der Waals surface area contributed by atoms with Crippen LogP contribution in [-0.2, 0) is 0 Å². The van der Waals surface area contributed by atoms with E-state index in [1.807, 2.05) is 13.8 Å². The third kappa shape index (κ3) is 7.78. The van der Waals surface area contributed by atoms with Gasteiger partial charge in [0.05, 0.1) is 0 Å². The largest absolute Gasteiger partial charge is 0.488 e. The van der Waals surface area contributed by atoms with E-state index in [0.717, 1.165) is 11.1 Å². The smallest absolute Gasteiger partial charge is 0.339 e. The molecule has 0 aliphatic heterocycles. The molecule has 28 heavy (non-hydrogen) atoms. The second-order valence-corrected chi connectivity index (χ2v) is 6.09. The zero-order valence-corrected chi connectivity index (χ0v) is 16.0. The molecule has 0 spiro atoms. The monoisotopic (exact) mass is 384 g/mol. The maximum atomic E-state index is 10.8. The van der Waals surface area contributed by atoms with Crippen LogP contribution in [0.2, 0.25) is 0 Å². The summed E-state index contributed by atoms with van der Waals surface area (Å²) >= 11 is 0. The van der Waals surface area contributed by atoms with Crippen molar-refractivity contribution in [3.63, 3.8) is 0 Å². The average molecular weight is 384 g/mol. The van der Waals surface area contributed by atoms with Crippen molar-refractivity contribution in [2.45, 2.75) is 13.8 Å². The quantitative estimate of drug-likeness (QED) is 0.642. The first-order valence-electron chi connectivity index (χ1n) is 8.41. The zero-order chi connectivity index (χ0) is 21.1. The van der Waals surface area contributed by atoms with Crippen LogP contribution in [0.1, 0.15) is 34.6 Å². The fourth-order valence-electron chi connectivity index (χ4n) is 1.94. The Hall–Kier alpha value is -3.54. The second-order valence-electron chi connectivity index (χ2n) is 6.09. The minimum Gasteiger partial charge on any atom is -0.488 e. The van der Waals surface area contributed by atoms with Crippen molar-refractivity contribution in [2.75, 3.05) is 13.2 Å². The molecule has 0 aromatic heterocycles. The Labute approximate surface area is 164 Å². The second kappa shape index (κ2) is 11.2. The summed E-state index contributed by atoms with van der Waals surface area (Å²) in [6.07, 6.45) is 0. The normalized spacial score (nSPS) is 9.50. The Morgan fingerprint density at radius 1 is 0.750 bits per heavy atom. The first-order chi connectivity index (χ1) is 13.2. The van der Waals surface area contributed by atoms with Gasteiger partial charge in [0, 0.05) is 0 Å². The summed E-state index contributed by atoms with van der Waals surface area (Å²) < 4.78 is 10.6. The van der Waals surface area contributed by atoms with E-state index >= 15 is 0 Å². The van der Waals surface area contributed by atoms with Crippen LogP contribution in [-0.4, -0.2) is 35.4 Å². The van der Waals surface area contributed by atoms with Crippen molar-refractivity contribution in [1.82, 2.24) is 0 Å². The fraction of sp³-hybridized carbons (Fsp3) is 0.182. The number of hydrogen-bond acceptors (Lipinski definition) is 4. The van der Waals surface area contributed by atoms with Gasteiger partial charge in [0.1, 0.15) is 35.8 Å². The van der Waals surface area contributed by atoms with E-state index in [1.54, 1.807) is 36.4 Å². The Bertz CT molecular complexity index is 782. The number of carbonyl (C=O) groups is 2. The molecule has 0 unspecified atom stereocenters. The Morgan fingerprint density at radius 2 is 1.07 bits per heavy atom. The van der Waals surface area contributed by atoms with Crippen molar-refractivity contribution in [2.24, 2.45) is 0 Å². The third-order valence-electron chi connectivity index (χ3n) is 3.18. The highest BCUT2D eigenvalue weighted by Crippen LogP contribution is 2.19. The van der Waals surface area contributed by atoms with Crippen molar-refractivity contribution >= 4 is 11.9 Å². The molecule has 2 rings (SSSR count). The van der Waals surface area contributed by atoms with E-state index in [9.17, 15) is 9.59 Å². The molecule has 0 amide bonds. The lowest BCUT2D eigenvalue weighted by molar-refractivity contribution is 0.0681. The molecule has 0 heterocycles. The summed E-state index contributed by atoms with van der Waals surface area (Å²) in [6, 6.07) is 13.1. The molecule has 0 fully saturated rings. The maximum Gasteiger partial charge on any atom is 0.339 e. The van der Waals surface area contributed by atoms with Crippen LogP contribution >= 0.6 is 0 Å². The molecule has 0 radical (unpaired) electrons. The molecule has 2 aromatic rings. The lowest BCUT2D eigenvalue weighted by Gasteiger charge is -2.07. The highest BCUT2D eigenvalue weighted by molar-refractivity contribution is 5.91. The van der Waals surface area contributed by atoms with Gasteiger partial charge in [-0.05, 0) is 49.3 Å². The maximum absolute atomic E-state index is 10.8. The highest BCUT2D eigenvalue weighted by Gasteiger charge is 2.10. The van der Waals surface area contributed by atoms with Crippen LogP contribution < -0.4 is 9.47 Å². The van der Waals surface area contributed by atoms with Crippen molar-refractivity contribution < 1.29 is 29.3 Å². The number of carboxylic acids is 2. The predicted octanol–water partition coefficient (Wildman–Crippen LogP) is 4.68. The van der Waals surface area contributed by atoms with Gasteiger partial charge in [-0.2, -0.15) is 0 Å². The zero-order valence-electron chi connectivity index (χ0n) is 16.0. The summed E-state index contributed by atoms with van der Waals surface area (Å²) in [5.74, 6) is -1.21. The van der Waals surface area contributed by atoms with Crippen LogP contribution in [0.4, 0.5) is 0 Å². The van der Waals surface area contributed by atoms with Crippen molar-refractivity contribution in [3.05, 3.63) is 84.0 Å². The molecular formula is C22H24O6. The minimum absolute atomic E-state index is 0.175. The SMILES string of the molecule is C=C(C)COc1ccccc1C(=O)O.C=C(C)COc1ccccc1C(=O)O. The van der Waals surface area contributed by atoms with E-state index in [1.165, 1.54) is 12.1 Å². The summed E-state index contributed by atoms with van der Waals surface area (Å²) in [7, 11) is 0. The number of para-hydroxylation sites is 2. The van der Waals surface area contributed by atoms with Crippen molar-refractivity contribution in [1.29, 1.82) is 0 Å². The van der Waals surface area contributed by atoms with Gasteiger partial charge < -0.3 is 19.7 Å². The lowest BCUT2D eigenvalue weighted by Crippen LogP contribution is -2.04. The van der Waals surface area contributed by atoms with Gasteiger partial charge >= 0.3 is 11.9 Å². The van der Waals surface area contributed by atoms with E-state index < -0.39 is 11.9 Å². The highest BCUT2D eigenvalue weighted by atomic mass is 16.5. The average Bonchev–Trinajstić information content (AvgIpc) is 2.65. The molecule has 6 heteroatoms. The lowest BCUT2D eigenvalue weighted by atomic mass is 10.2. The van der Waals surface area contributed by atoms with Crippen LogP contribution in [0, 0.1) is 0 Å². The van der Waals surface area contributed by atoms with E-state index in [2.05, 4.69) is 13.2 Å². The molecule has 0 aliphatic rings. The van der Waals surface area contributed by atoms with Crippen LogP contribution in [0.15, 0.2) is 72.8 Å². The van der Waals surface area contributed by atoms with Gasteiger partial charge in [-0.3, -0.25) is 0 Å². The number of benzene rings is 2. The number of rotatable bonds is 8. The molecule has 0 saturated heterocycles. The molecule has 0 bridgehead atoms. The van der Waals surface area contributed by atoms with Gasteiger partial charge in [-0.15, -0.1) is 0 Å². The molecule has 2 N–H and O–H groups in total. The molecule has 148 valence electrons. The van der Waals surface area contributed by atoms with Gasteiger partial charge in [0.2, 0.25) is 0 Å². The summed E-state index contributed by atoms with van der Waals surface area (Å²) in [5, 5.41) is 17.7. The topological polar surface area (TPSA) is 93.1 Å². The standard InChI is InChI=1S/2C11H12O3/c2*1-8(2)7-14-10-6-4-3-5-9(10)11(12)13/h2*3-6H,1,7H2,2H3,(H,12,13). The van der Waals surface area contributed by atoms with Crippen LogP contribution in [0.3, 0.4) is 0 Å². The van der Waals surface area contributed by atoms with Crippen LogP contribution in [0.5, 0.6) is 11.5 Å².